The molecule has 0 spiro atoms. The molecule has 15 heavy (non-hydrogen) atoms. The Kier molecular flexibility index (Phi) is 3.02. The molecule has 0 aromatic rings. The largest absolute Gasteiger partial charge is 0.377 e. The van der Waals surface area contributed by atoms with Gasteiger partial charge in [0, 0.05) is 19.1 Å². The third-order valence-corrected chi connectivity index (χ3v) is 3.03. The van der Waals surface area contributed by atoms with Crippen LogP contribution in [0.5, 0.6) is 0 Å². The van der Waals surface area contributed by atoms with Crippen LogP contribution in [-0.2, 0) is 14.3 Å². The lowest BCUT2D eigenvalue weighted by atomic mass is 10.0. The molecular weight excluding hydrogens is 196 g/mol. The summed E-state index contributed by atoms with van der Waals surface area (Å²) in [5.74, 6) is -0.376. The average Bonchev–Trinajstić information content (AvgIpc) is 2.57. The smallest absolute Gasteiger partial charge is 0.243 e. The summed E-state index contributed by atoms with van der Waals surface area (Å²) < 4.78 is 5.40. The Balaban J connectivity index is 1.88. The van der Waals surface area contributed by atoms with E-state index in [0.29, 0.717) is 12.8 Å². The van der Waals surface area contributed by atoms with Crippen molar-refractivity contribution in [1.29, 1.82) is 0 Å². The van der Waals surface area contributed by atoms with Gasteiger partial charge in [-0.05, 0) is 19.8 Å². The Morgan fingerprint density at radius 2 is 2.20 bits per heavy atom. The lowest BCUT2D eigenvalue weighted by Gasteiger charge is -2.26. The van der Waals surface area contributed by atoms with Gasteiger partial charge in [-0.1, -0.05) is 0 Å². The SMILES string of the molecule is CC1OCCC1NC1CCC(=O)NC1=O. The van der Waals surface area contributed by atoms with Crippen LogP contribution in [0.15, 0.2) is 0 Å². The summed E-state index contributed by atoms with van der Waals surface area (Å²) in [6.45, 7) is 2.74. The van der Waals surface area contributed by atoms with E-state index in [2.05, 4.69) is 10.6 Å². The van der Waals surface area contributed by atoms with Crippen LogP contribution in [0.4, 0.5) is 0 Å². The van der Waals surface area contributed by atoms with E-state index >= 15 is 0 Å². The van der Waals surface area contributed by atoms with E-state index < -0.39 is 0 Å². The van der Waals surface area contributed by atoms with Gasteiger partial charge in [-0.3, -0.25) is 14.9 Å². The van der Waals surface area contributed by atoms with E-state index in [1.54, 1.807) is 0 Å². The van der Waals surface area contributed by atoms with Gasteiger partial charge < -0.3 is 10.1 Å². The average molecular weight is 212 g/mol. The molecule has 2 amide bonds. The molecule has 0 aliphatic carbocycles. The monoisotopic (exact) mass is 212 g/mol. The second-order valence-corrected chi connectivity index (χ2v) is 4.14. The molecule has 3 unspecified atom stereocenters. The first-order valence-corrected chi connectivity index (χ1v) is 5.38. The Bertz CT molecular complexity index is 280. The lowest BCUT2D eigenvalue weighted by Crippen LogP contribution is -2.54. The van der Waals surface area contributed by atoms with E-state index in [1.165, 1.54) is 0 Å². The first kappa shape index (κ1) is 10.6. The minimum absolute atomic E-state index is 0.149. The number of carbonyl (C=O) groups is 2. The summed E-state index contributed by atoms with van der Waals surface area (Å²) in [6, 6.07) is -0.00852. The van der Waals surface area contributed by atoms with E-state index in [-0.39, 0.29) is 30.0 Å². The summed E-state index contributed by atoms with van der Waals surface area (Å²) in [4.78, 5) is 22.4. The number of nitrogens with one attached hydrogen (secondary N) is 2. The quantitative estimate of drug-likeness (QED) is 0.609. The summed E-state index contributed by atoms with van der Waals surface area (Å²) in [7, 11) is 0. The highest BCUT2D eigenvalue weighted by molar-refractivity contribution is 6.00. The van der Waals surface area contributed by atoms with E-state index in [9.17, 15) is 9.59 Å². The molecule has 2 fully saturated rings. The van der Waals surface area contributed by atoms with Crippen LogP contribution < -0.4 is 10.6 Å². The number of rotatable bonds is 2. The van der Waals surface area contributed by atoms with Gasteiger partial charge in [-0.25, -0.2) is 0 Å². The number of hydrogen-bond donors (Lipinski definition) is 2. The van der Waals surface area contributed by atoms with Crippen molar-refractivity contribution in [2.75, 3.05) is 6.61 Å². The highest BCUT2D eigenvalue weighted by atomic mass is 16.5. The minimum atomic E-state index is -0.239. The van der Waals surface area contributed by atoms with Crippen LogP contribution in [0.1, 0.15) is 26.2 Å². The van der Waals surface area contributed by atoms with Crippen LogP contribution >= 0.6 is 0 Å². The van der Waals surface area contributed by atoms with Crippen molar-refractivity contribution in [1.82, 2.24) is 10.6 Å². The molecule has 5 heteroatoms. The normalized spacial score (nSPS) is 36.7. The lowest BCUT2D eigenvalue weighted by molar-refractivity contribution is -0.134. The summed E-state index contributed by atoms with van der Waals surface area (Å²) in [5.41, 5.74) is 0. The maximum atomic E-state index is 11.5. The third-order valence-electron chi connectivity index (χ3n) is 3.03. The first-order chi connectivity index (χ1) is 7.16. The Hall–Kier alpha value is -0.940. The zero-order valence-electron chi connectivity index (χ0n) is 8.79. The van der Waals surface area contributed by atoms with Crippen molar-refractivity contribution in [3.05, 3.63) is 0 Å². The maximum Gasteiger partial charge on any atom is 0.243 e. The fourth-order valence-electron chi connectivity index (χ4n) is 2.06. The molecule has 0 bridgehead atoms. The first-order valence-electron chi connectivity index (χ1n) is 5.38. The molecule has 2 heterocycles. The van der Waals surface area contributed by atoms with Crippen LogP contribution in [0.2, 0.25) is 0 Å². The molecule has 0 saturated carbocycles. The van der Waals surface area contributed by atoms with Crippen molar-refractivity contribution in [3.63, 3.8) is 0 Å². The number of ether oxygens (including phenoxy) is 1. The van der Waals surface area contributed by atoms with Gasteiger partial charge in [0.05, 0.1) is 12.1 Å². The predicted molar refractivity (Wildman–Crippen MR) is 53.1 cm³/mol. The highest BCUT2D eigenvalue weighted by Gasteiger charge is 2.32. The van der Waals surface area contributed by atoms with Gasteiger partial charge >= 0.3 is 0 Å². The van der Waals surface area contributed by atoms with Crippen LogP contribution in [0.25, 0.3) is 0 Å². The second-order valence-electron chi connectivity index (χ2n) is 4.14. The highest BCUT2D eigenvalue weighted by Crippen LogP contribution is 2.15. The number of piperidine rings is 1. The molecule has 2 N–H and O–H groups in total. The molecular formula is C10H16N2O3. The fourth-order valence-corrected chi connectivity index (χ4v) is 2.06. The number of hydrogen-bond acceptors (Lipinski definition) is 4. The molecule has 0 aromatic carbocycles. The van der Waals surface area contributed by atoms with Crippen molar-refractivity contribution in [3.8, 4) is 0 Å². The maximum absolute atomic E-state index is 11.5. The third kappa shape index (κ3) is 2.35. The van der Waals surface area contributed by atoms with Crippen molar-refractivity contribution in [2.24, 2.45) is 0 Å². The van der Waals surface area contributed by atoms with Crippen molar-refractivity contribution >= 4 is 11.8 Å². The zero-order valence-corrected chi connectivity index (χ0v) is 8.79. The van der Waals surface area contributed by atoms with E-state index in [1.807, 2.05) is 6.92 Å². The van der Waals surface area contributed by atoms with E-state index in [4.69, 9.17) is 4.74 Å². The summed E-state index contributed by atoms with van der Waals surface area (Å²) >= 11 is 0. The molecule has 2 saturated heterocycles. The van der Waals surface area contributed by atoms with Gasteiger partial charge in [-0.15, -0.1) is 0 Å². The van der Waals surface area contributed by atoms with Crippen molar-refractivity contribution in [2.45, 2.75) is 44.4 Å². The number of amides is 2. The Labute approximate surface area is 88.5 Å². The van der Waals surface area contributed by atoms with Crippen molar-refractivity contribution < 1.29 is 14.3 Å². The molecule has 84 valence electrons. The fraction of sp³-hybridized carbons (Fsp3) is 0.800. The minimum Gasteiger partial charge on any atom is -0.377 e. The van der Waals surface area contributed by atoms with Gasteiger partial charge in [-0.2, -0.15) is 0 Å². The zero-order chi connectivity index (χ0) is 10.8. The van der Waals surface area contributed by atoms with Gasteiger partial charge in [0.15, 0.2) is 0 Å². The molecule has 2 rings (SSSR count). The molecule has 3 atom stereocenters. The standard InChI is InChI=1S/C10H16N2O3/c1-6-7(4-5-15-6)11-8-2-3-9(13)12-10(8)14/h6-8,11H,2-5H2,1H3,(H,12,13,14). The Morgan fingerprint density at radius 3 is 2.80 bits per heavy atom. The topological polar surface area (TPSA) is 67.4 Å². The Morgan fingerprint density at radius 1 is 1.40 bits per heavy atom. The number of carbonyl (C=O) groups excluding carboxylic acids is 2. The number of imide groups is 1. The van der Waals surface area contributed by atoms with Crippen LogP contribution in [0.3, 0.4) is 0 Å². The molecule has 2 aliphatic heterocycles. The van der Waals surface area contributed by atoms with Gasteiger partial charge in [0.2, 0.25) is 11.8 Å². The van der Waals surface area contributed by atoms with E-state index in [0.717, 1.165) is 13.0 Å². The molecule has 5 nitrogen and oxygen atoms in total. The second kappa shape index (κ2) is 4.28. The predicted octanol–water partition coefficient (Wildman–Crippen LogP) is -0.441. The van der Waals surface area contributed by atoms with Gasteiger partial charge in [0.1, 0.15) is 0 Å². The van der Waals surface area contributed by atoms with Gasteiger partial charge in [0.25, 0.3) is 0 Å². The summed E-state index contributed by atoms with van der Waals surface area (Å²) in [6.07, 6.45) is 2.09. The molecule has 2 aliphatic rings. The van der Waals surface area contributed by atoms with Crippen LogP contribution in [0, 0.1) is 0 Å². The summed E-state index contributed by atoms with van der Waals surface area (Å²) in [5, 5.41) is 5.59. The van der Waals surface area contributed by atoms with Crippen LogP contribution in [-0.4, -0.2) is 36.6 Å². The molecule has 0 radical (unpaired) electrons. The molecule has 0 aromatic heterocycles.